The van der Waals surface area contributed by atoms with E-state index in [4.69, 9.17) is 5.41 Å². The van der Waals surface area contributed by atoms with Gasteiger partial charge in [-0.15, -0.1) is 0 Å². The maximum Gasteiger partial charge on any atom is 0.267 e. The first-order valence-electron chi connectivity index (χ1n) is 8.11. The number of nitrogens with one attached hydrogen (secondary N) is 1. The number of fused-ring (bicyclic) bond motifs is 2. The van der Waals surface area contributed by atoms with Crippen molar-refractivity contribution < 1.29 is 0 Å². The third-order valence-electron chi connectivity index (χ3n) is 4.46. The lowest BCUT2D eigenvalue weighted by Crippen LogP contribution is -2.26. The van der Waals surface area contributed by atoms with E-state index in [9.17, 15) is 10.1 Å². The van der Waals surface area contributed by atoms with Crippen molar-refractivity contribution in [3.63, 3.8) is 0 Å². The van der Waals surface area contributed by atoms with Gasteiger partial charge < -0.3 is 0 Å². The zero-order valence-electron chi connectivity index (χ0n) is 14.3. The molecule has 126 valence electrons. The third kappa shape index (κ3) is 2.22. The zero-order valence-corrected chi connectivity index (χ0v) is 14.3. The van der Waals surface area contributed by atoms with Crippen LogP contribution in [0.25, 0.3) is 22.4 Å². The smallest absolute Gasteiger partial charge is 0.267 e. The van der Waals surface area contributed by atoms with Crippen LogP contribution in [-0.2, 0) is 0 Å². The van der Waals surface area contributed by atoms with Crippen molar-refractivity contribution in [2.24, 2.45) is 0 Å². The molecule has 4 aromatic rings. The SMILES string of the molecule is Cc1ccc(-n2c(=N)c(C#N)cc3c(=O)n4cccc(C)c4nc32)cc1. The van der Waals surface area contributed by atoms with Gasteiger partial charge in [0.1, 0.15) is 17.2 Å². The van der Waals surface area contributed by atoms with Crippen LogP contribution >= 0.6 is 0 Å². The largest absolute Gasteiger partial charge is 0.283 e. The lowest BCUT2D eigenvalue weighted by Gasteiger charge is -2.13. The molecule has 0 aliphatic heterocycles. The maximum absolute atomic E-state index is 13.0. The number of aromatic nitrogens is 3. The Balaban J connectivity index is 2.28. The van der Waals surface area contributed by atoms with E-state index < -0.39 is 0 Å². The van der Waals surface area contributed by atoms with E-state index in [1.54, 1.807) is 16.8 Å². The Kier molecular flexibility index (Phi) is 3.44. The molecule has 0 bridgehead atoms. The normalized spacial score (nSPS) is 11.0. The first-order chi connectivity index (χ1) is 12.5. The summed E-state index contributed by atoms with van der Waals surface area (Å²) in [6.07, 6.45) is 1.66. The molecule has 0 aliphatic carbocycles. The number of benzene rings is 1. The van der Waals surface area contributed by atoms with Gasteiger partial charge >= 0.3 is 0 Å². The van der Waals surface area contributed by atoms with Crippen LogP contribution in [0, 0.1) is 30.6 Å². The fraction of sp³-hybridized carbons (Fsp3) is 0.100. The zero-order chi connectivity index (χ0) is 18.4. The fourth-order valence-corrected chi connectivity index (χ4v) is 3.07. The molecule has 0 saturated carbocycles. The molecule has 3 aromatic heterocycles. The minimum atomic E-state index is -0.258. The summed E-state index contributed by atoms with van der Waals surface area (Å²) in [5, 5.41) is 18.2. The number of aryl methyl sites for hydroxylation is 2. The molecule has 0 unspecified atom stereocenters. The average Bonchev–Trinajstić information content (AvgIpc) is 2.64. The van der Waals surface area contributed by atoms with Crippen molar-refractivity contribution in [2.75, 3.05) is 0 Å². The van der Waals surface area contributed by atoms with Crippen LogP contribution in [0.1, 0.15) is 16.7 Å². The van der Waals surface area contributed by atoms with Crippen molar-refractivity contribution in [3.8, 4) is 11.8 Å². The molecule has 1 aromatic carbocycles. The van der Waals surface area contributed by atoms with E-state index in [0.717, 1.165) is 11.1 Å². The molecule has 1 N–H and O–H groups in total. The summed E-state index contributed by atoms with van der Waals surface area (Å²) in [5.74, 6) is 0. The number of pyridine rings is 2. The second kappa shape index (κ2) is 5.67. The Hall–Kier alpha value is -3.72. The molecule has 4 rings (SSSR count). The highest BCUT2D eigenvalue weighted by molar-refractivity contribution is 5.80. The van der Waals surface area contributed by atoms with Crippen LogP contribution in [0.5, 0.6) is 0 Å². The Morgan fingerprint density at radius 2 is 1.85 bits per heavy atom. The highest BCUT2D eigenvalue weighted by atomic mass is 16.1. The molecule has 3 heterocycles. The van der Waals surface area contributed by atoms with E-state index >= 15 is 0 Å². The highest BCUT2D eigenvalue weighted by Gasteiger charge is 2.15. The summed E-state index contributed by atoms with van der Waals surface area (Å²) in [6.45, 7) is 3.86. The van der Waals surface area contributed by atoms with Crippen molar-refractivity contribution in [1.29, 1.82) is 10.7 Å². The highest BCUT2D eigenvalue weighted by Crippen LogP contribution is 2.16. The molecule has 26 heavy (non-hydrogen) atoms. The van der Waals surface area contributed by atoms with Crippen LogP contribution in [0.3, 0.4) is 0 Å². The lowest BCUT2D eigenvalue weighted by molar-refractivity contribution is 0.928. The Labute approximate surface area is 148 Å². The van der Waals surface area contributed by atoms with E-state index in [2.05, 4.69) is 4.98 Å². The van der Waals surface area contributed by atoms with Gasteiger partial charge in [-0.25, -0.2) is 4.98 Å². The predicted octanol–water partition coefficient (Wildman–Crippen LogP) is 2.61. The van der Waals surface area contributed by atoms with Gasteiger partial charge in [0.15, 0.2) is 5.65 Å². The second-order valence-electron chi connectivity index (χ2n) is 6.23. The van der Waals surface area contributed by atoms with Crippen LogP contribution in [0.15, 0.2) is 53.5 Å². The average molecular weight is 341 g/mol. The summed E-state index contributed by atoms with van der Waals surface area (Å²) < 4.78 is 3.03. The van der Waals surface area contributed by atoms with Gasteiger partial charge in [-0.05, 0) is 43.7 Å². The monoisotopic (exact) mass is 341 g/mol. The molecule has 0 spiro atoms. The summed E-state index contributed by atoms with van der Waals surface area (Å²) in [7, 11) is 0. The first kappa shape index (κ1) is 15.8. The number of hydrogen-bond acceptors (Lipinski definition) is 4. The van der Waals surface area contributed by atoms with Gasteiger partial charge in [0.2, 0.25) is 0 Å². The Bertz CT molecular complexity index is 1340. The first-order valence-corrected chi connectivity index (χ1v) is 8.11. The van der Waals surface area contributed by atoms with Crippen LogP contribution in [0.4, 0.5) is 0 Å². The van der Waals surface area contributed by atoms with Crippen molar-refractivity contribution >= 4 is 16.7 Å². The van der Waals surface area contributed by atoms with E-state index in [-0.39, 0.29) is 16.6 Å². The predicted molar refractivity (Wildman–Crippen MR) is 98.3 cm³/mol. The summed E-state index contributed by atoms with van der Waals surface area (Å²) >= 11 is 0. The number of nitrogens with zero attached hydrogens (tertiary/aromatic N) is 4. The molecule has 0 amide bonds. The van der Waals surface area contributed by atoms with Crippen LogP contribution in [0.2, 0.25) is 0 Å². The van der Waals surface area contributed by atoms with E-state index in [1.165, 1.54) is 10.5 Å². The Morgan fingerprint density at radius 1 is 1.12 bits per heavy atom. The minimum absolute atomic E-state index is 0.00804. The van der Waals surface area contributed by atoms with Gasteiger partial charge in [-0.1, -0.05) is 23.8 Å². The van der Waals surface area contributed by atoms with Crippen molar-refractivity contribution in [1.82, 2.24) is 14.0 Å². The summed E-state index contributed by atoms with van der Waals surface area (Å²) in [6, 6.07) is 14.7. The van der Waals surface area contributed by atoms with Gasteiger partial charge in [-0.2, -0.15) is 5.26 Å². The molecule has 0 saturated heterocycles. The van der Waals surface area contributed by atoms with Gasteiger partial charge in [0.25, 0.3) is 5.56 Å². The fourth-order valence-electron chi connectivity index (χ4n) is 3.07. The standard InChI is InChI=1S/C20H15N5O/c1-12-5-7-15(8-6-12)25-17(22)14(11-21)10-16-19(25)23-18-13(2)4-3-9-24(18)20(16)26/h3-10,22H,1-2H3. The quantitative estimate of drug-likeness (QED) is 0.540. The summed E-state index contributed by atoms with van der Waals surface area (Å²) in [5.41, 5.74) is 3.41. The van der Waals surface area contributed by atoms with Crippen LogP contribution < -0.4 is 11.0 Å². The van der Waals surface area contributed by atoms with E-state index in [1.807, 2.05) is 50.2 Å². The topological polar surface area (TPSA) is 86.9 Å². The molecular weight excluding hydrogens is 326 g/mol. The molecule has 6 nitrogen and oxygen atoms in total. The number of rotatable bonds is 1. The number of nitriles is 1. The molecular formula is C20H15N5O. The molecule has 0 atom stereocenters. The third-order valence-corrected chi connectivity index (χ3v) is 4.46. The minimum Gasteiger partial charge on any atom is -0.283 e. The molecule has 0 aliphatic rings. The number of hydrogen-bond donors (Lipinski definition) is 1. The van der Waals surface area contributed by atoms with Crippen molar-refractivity contribution in [2.45, 2.75) is 13.8 Å². The van der Waals surface area contributed by atoms with Gasteiger partial charge in [0.05, 0.1) is 10.9 Å². The van der Waals surface area contributed by atoms with Gasteiger partial charge in [-0.3, -0.25) is 19.2 Å². The van der Waals surface area contributed by atoms with Gasteiger partial charge in [0, 0.05) is 11.9 Å². The summed E-state index contributed by atoms with van der Waals surface area (Å²) in [4.78, 5) is 17.7. The lowest BCUT2D eigenvalue weighted by atomic mass is 10.2. The van der Waals surface area contributed by atoms with Crippen LogP contribution in [-0.4, -0.2) is 14.0 Å². The van der Waals surface area contributed by atoms with E-state index in [0.29, 0.717) is 22.4 Å². The second-order valence-corrected chi connectivity index (χ2v) is 6.23. The molecule has 6 heteroatoms. The maximum atomic E-state index is 13.0. The molecule has 0 radical (unpaired) electrons. The van der Waals surface area contributed by atoms with Crippen molar-refractivity contribution in [3.05, 3.63) is 81.2 Å². The molecule has 0 fully saturated rings. The Morgan fingerprint density at radius 3 is 2.54 bits per heavy atom.